The first-order chi connectivity index (χ1) is 9.08. The van der Waals surface area contributed by atoms with Gasteiger partial charge in [-0.2, -0.15) is 5.10 Å². The van der Waals surface area contributed by atoms with E-state index in [0.717, 1.165) is 16.2 Å². The Balaban J connectivity index is 2.11. The maximum absolute atomic E-state index is 12.0. The van der Waals surface area contributed by atoms with Crippen LogP contribution in [0.25, 0.3) is 0 Å². The molecule has 98 valence electrons. The SMILES string of the molecule is C/C(=N\NC(=O)c1ccc(C)cc1Cl)c1cccs1. The van der Waals surface area contributed by atoms with Gasteiger partial charge in [-0.1, -0.05) is 23.7 Å². The third-order valence-corrected chi connectivity index (χ3v) is 3.86. The zero-order valence-corrected chi connectivity index (χ0v) is 12.2. The molecule has 0 radical (unpaired) electrons. The predicted molar refractivity (Wildman–Crippen MR) is 80.2 cm³/mol. The number of rotatable bonds is 3. The Morgan fingerprint density at radius 1 is 1.37 bits per heavy atom. The van der Waals surface area contributed by atoms with Gasteiger partial charge in [0, 0.05) is 4.88 Å². The molecule has 0 bridgehead atoms. The van der Waals surface area contributed by atoms with Gasteiger partial charge in [0.25, 0.3) is 5.91 Å². The minimum Gasteiger partial charge on any atom is -0.267 e. The lowest BCUT2D eigenvalue weighted by atomic mass is 10.1. The van der Waals surface area contributed by atoms with E-state index in [1.54, 1.807) is 23.5 Å². The van der Waals surface area contributed by atoms with E-state index in [2.05, 4.69) is 10.5 Å². The lowest BCUT2D eigenvalue weighted by Gasteiger charge is -2.04. The van der Waals surface area contributed by atoms with Crippen molar-refractivity contribution in [2.24, 2.45) is 5.10 Å². The van der Waals surface area contributed by atoms with E-state index in [0.29, 0.717) is 10.6 Å². The van der Waals surface area contributed by atoms with E-state index in [1.807, 2.05) is 37.4 Å². The quantitative estimate of drug-likeness (QED) is 0.677. The number of benzene rings is 1. The van der Waals surface area contributed by atoms with Crippen molar-refractivity contribution in [2.75, 3.05) is 0 Å². The first kappa shape index (κ1) is 13.8. The summed E-state index contributed by atoms with van der Waals surface area (Å²) in [6, 6.07) is 9.19. The number of hydrogen-bond donors (Lipinski definition) is 1. The molecule has 1 heterocycles. The van der Waals surface area contributed by atoms with Crippen LogP contribution >= 0.6 is 22.9 Å². The summed E-state index contributed by atoms with van der Waals surface area (Å²) in [5.74, 6) is -0.305. The summed E-state index contributed by atoms with van der Waals surface area (Å²) in [7, 11) is 0. The molecule has 1 aromatic heterocycles. The maximum Gasteiger partial charge on any atom is 0.272 e. The molecular formula is C14H13ClN2OS. The Morgan fingerprint density at radius 2 is 2.16 bits per heavy atom. The Morgan fingerprint density at radius 3 is 2.79 bits per heavy atom. The number of nitrogens with zero attached hydrogens (tertiary/aromatic N) is 1. The molecule has 0 atom stereocenters. The fourth-order valence-electron chi connectivity index (χ4n) is 1.54. The second-order valence-corrected chi connectivity index (χ2v) is 5.45. The average Bonchev–Trinajstić information content (AvgIpc) is 2.89. The van der Waals surface area contributed by atoms with Crippen molar-refractivity contribution in [3.63, 3.8) is 0 Å². The molecule has 0 spiro atoms. The molecule has 0 saturated carbocycles. The Labute approximate surface area is 120 Å². The van der Waals surface area contributed by atoms with Crippen molar-refractivity contribution >= 4 is 34.6 Å². The lowest BCUT2D eigenvalue weighted by molar-refractivity contribution is 0.0955. The molecule has 0 aliphatic rings. The van der Waals surface area contributed by atoms with Crippen molar-refractivity contribution < 1.29 is 4.79 Å². The van der Waals surface area contributed by atoms with Crippen LogP contribution in [0.2, 0.25) is 5.02 Å². The van der Waals surface area contributed by atoms with Gasteiger partial charge in [0.2, 0.25) is 0 Å². The van der Waals surface area contributed by atoms with Crippen LogP contribution in [0, 0.1) is 6.92 Å². The zero-order valence-electron chi connectivity index (χ0n) is 10.6. The minimum atomic E-state index is -0.305. The number of halogens is 1. The highest BCUT2D eigenvalue weighted by atomic mass is 35.5. The first-order valence-electron chi connectivity index (χ1n) is 5.72. The van der Waals surface area contributed by atoms with E-state index in [-0.39, 0.29) is 5.91 Å². The van der Waals surface area contributed by atoms with Crippen LogP contribution in [-0.2, 0) is 0 Å². The smallest absolute Gasteiger partial charge is 0.267 e. The summed E-state index contributed by atoms with van der Waals surface area (Å²) in [6.07, 6.45) is 0. The van der Waals surface area contributed by atoms with Crippen LogP contribution in [0.5, 0.6) is 0 Å². The first-order valence-corrected chi connectivity index (χ1v) is 6.98. The summed E-state index contributed by atoms with van der Waals surface area (Å²) in [6.45, 7) is 3.77. The third-order valence-electron chi connectivity index (χ3n) is 2.57. The monoisotopic (exact) mass is 292 g/mol. The topological polar surface area (TPSA) is 41.5 Å². The van der Waals surface area contributed by atoms with Crippen molar-refractivity contribution in [2.45, 2.75) is 13.8 Å². The van der Waals surface area contributed by atoms with Gasteiger partial charge in [0.1, 0.15) is 0 Å². The van der Waals surface area contributed by atoms with Crippen molar-refractivity contribution in [3.8, 4) is 0 Å². The van der Waals surface area contributed by atoms with Crippen LogP contribution in [0.15, 0.2) is 40.8 Å². The van der Waals surface area contributed by atoms with Gasteiger partial charge < -0.3 is 0 Å². The molecule has 2 aromatic rings. The van der Waals surface area contributed by atoms with Gasteiger partial charge >= 0.3 is 0 Å². The van der Waals surface area contributed by atoms with Gasteiger partial charge in [-0.05, 0) is 43.0 Å². The van der Waals surface area contributed by atoms with Crippen LogP contribution in [-0.4, -0.2) is 11.6 Å². The highest BCUT2D eigenvalue weighted by Gasteiger charge is 2.09. The van der Waals surface area contributed by atoms with E-state index in [1.165, 1.54) is 0 Å². The maximum atomic E-state index is 12.0. The van der Waals surface area contributed by atoms with Gasteiger partial charge in [-0.3, -0.25) is 4.79 Å². The molecule has 5 heteroatoms. The molecule has 19 heavy (non-hydrogen) atoms. The van der Waals surface area contributed by atoms with Crippen LogP contribution in [0.1, 0.15) is 27.7 Å². The van der Waals surface area contributed by atoms with Gasteiger partial charge in [-0.25, -0.2) is 5.43 Å². The number of amides is 1. The fourth-order valence-corrected chi connectivity index (χ4v) is 2.54. The summed E-state index contributed by atoms with van der Waals surface area (Å²) < 4.78 is 0. The molecule has 1 amide bonds. The molecule has 3 nitrogen and oxygen atoms in total. The van der Waals surface area contributed by atoms with Gasteiger partial charge in [0.15, 0.2) is 0 Å². The average molecular weight is 293 g/mol. The Kier molecular flexibility index (Phi) is 4.35. The van der Waals surface area contributed by atoms with E-state index in [4.69, 9.17) is 11.6 Å². The molecule has 1 aromatic carbocycles. The van der Waals surface area contributed by atoms with E-state index in [9.17, 15) is 4.79 Å². The highest BCUT2D eigenvalue weighted by Crippen LogP contribution is 2.17. The molecular weight excluding hydrogens is 280 g/mol. The summed E-state index contributed by atoms with van der Waals surface area (Å²) in [5, 5.41) is 6.47. The zero-order chi connectivity index (χ0) is 13.8. The van der Waals surface area contributed by atoms with Crippen LogP contribution in [0.4, 0.5) is 0 Å². The summed E-state index contributed by atoms with van der Waals surface area (Å²) in [4.78, 5) is 13.0. The number of thiophene rings is 1. The molecule has 0 aliphatic carbocycles. The number of nitrogens with one attached hydrogen (secondary N) is 1. The number of carbonyl (C=O) groups excluding carboxylic acids is 1. The summed E-state index contributed by atoms with van der Waals surface area (Å²) >= 11 is 7.61. The number of hydrazone groups is 1. The molecule has 2 rings (SSSR count). The van der Waals surface area contributed by atoms with Gasteiger partial charge in [0.05, 0.1) is 16.3 Å². The molecule has 1 N–H and O–H groups in total. The second kappa shape index (κ2) is 5.99. The van der Waals surface area contributed by atoms with Crippen LogP contribution < -0.4 is 5.43 Å². The van der Waals surface area contributed by atoms with Crippen molar-refractivity contribution in [3.05, 3.63) is 56.7 Å². The molecule has 0 aliphatic heterocycles. The molecule has 0 unspecified atom stereocenters. The predicted octanol–water partition coefficient (Wildman–Crippen LogP) is 3.86. The molecule has 0 saturated heterocycles. The molecule has 0 fully saturated rings. The van der Waals surface area contributed by atoms with Crippen LogP contribution in [0.3, 0.4) is 0 Å². The van der Waals surface area contributed by atoms with Gasteiger partial charge in [-0.15, -0.1) is 11.3 Å². The Hall–Kier alpha value is -1.65. The highest BCUT2D eigenvalue weighted by molar-refractivity contribution is 7.12. The number of carbonyl (C=O) groups is 1. The fraction of sp³-hybridized carbons (Fsp3) is 0.143. The van der Waals surface area contributed by atoms with E-state index >= 15 is 0 Å². The van der Waals surface area contributed by atoms with E-state index < -0.39 is 0 Å². The van der Waals surface area contributed by atoms with Crippen molar-refractivity contribution in [1.82, 2.24) is 5.43 Å². The largest absolute Gasteiger partial charge is 0.272 e. The Bertz CT molecular complexity index is 620. The second-order valence-electron chi connectivity index (χ2n) is 4.10. The minimum absolute atomic E-state index is 0.305. The summed E-state index contributed by atoms with van der Waals surface area (Å²) in [5.41, 5.74) is 4.73. The normalized spacial score (nSPS) is 11.4. The number of hydrogen-bond acceptors (Lipinski definition) is 3. The standard InChI is InChI=1S/C14H13ClN2OS/c1-9-5-6-11(12(15)8-9)14(18)17-16-10(2)13-4-3-7-19-13/h3-8H,1-2H3,(H,17,18)/b16-10+. The third kappa shape index (κ3) is 3.43. The van der Waals surface area contributed by atoms with Crippen molar-refractivity contribution in [1.29, 1.82) is 0 Å². The lowest BCUT2D eigenvalue weighted by Crippen LogP contribution is -2.19. The number of aryl methyl sites for hydroxylation is 1.